The highest BCUT2D eigenvalue weighted by Crippen LogP contribution is 2.21. The number of fused-ring (bicyclic) bond motifs is 1. The van der Waals surface area contributed by atoms with Crippen molar-refractivity contribution >= 4 is 23.2 Å². The van der Waals surface area contributed by atoms with Gasteiger partial charge in [-0.25, -0.2) is 0 Å². The van der Waals surface area contributed by atoms with Crippen molar-refractivity contribution in [3.63, 3.8) is 0 Å². The topological polar surface area (TPSA) is 70.1 Å². The molecular formula is C11H13ClN6. The summed E-state index contributed by atoms with van der Waals surface area (Å²) < 4.78 is 1.63. The molecule has 7 heteroatoms. The molecule has 0 saturated heterocycles. The smallest absolute Gasteiger partial charge is 0.255 e. The monoisotopic (exact) mass is 264 g/mol. The van der Waals surface area contributed by atoms with Crippen molar-refractivity contribution in [2.75, 3.05) is 11.4 Å². The minimum absolute atomic E-state index is 0.226. The maximum absolute atomic E-state index is 8.72. The highest BCUT2D eigenvalue weighted by atomic mass is 35.5. The normalized spacial score (nSPS) is 10.8. The zero-order valence-corrected chi connectivity index (χ0v) is 11.0. The van der Waals surface area contributed by atoms with Gasteiger partial charge in [-0.2, -0.15) is 24.8 Å². The Balaban J connectivity index is 2.49. The van der Waals surface area contributed by atoms with Gasteiger partial charge in [-0.1, -0.05) is 11.6 Å². The van der Waals surface area contributed by atoms with Crippen LogP contribution in [-0.4, -0.2) is 32.2 Å². The van der Waals surface area contributed by atoms with Crippen LogP contribution < -0.4 is 4.90 Å². The van der Waals surface area contributed by atoms with Gasteiger partial charge in [-0.3, -0.25) is 0 Å². The van der Waals surface area contributed by atoms with Crippen molar-refractivity contribution in [2.24, 2.45) is 0 Å². The molecule has 0 spiro atoms. The average molecular weight is 265 g/mol. The first-order valence-electron chi connectivity index (χ1n) is 5.63. The van der Waals surface area contributed by atoms with Crippen molar-refractivity contribution in [1.82, 2.24) is 19.6 Å². The predicted molar refractivity (Wildman–Crippen MR) is 68.5 cm³/mol. The molecule has 0 N–H and O–H groups in total. The highest BCUT2D eigenvalue weighted by Gasteiger charge is 2.16. The lowest BCUT2D eigenvalue weighted by molar-refractivity contribution is 0.662. The third-order valence-electron chi connectivity index (χ3n) is 2.58. The number of hydrogen-bond acceptors (Lipinski definition) is 5. The molecule has 18 heavy (non-hydrogen) atoms. The second kappa shape index (κ2) is 5.19. The number of nitriles is 1. The van der Waals surface area contributed by atoms with E-state index in [4.69, 9.17) is 16.9 Å². The van der Waals surface area contributed by atoms with Crippen molar-refractivity contribution in [3.8, 4) is 6.07 Å². The summed E-state index contributed by atoms with van der Waals surface area (Å²) in [5, 5.41) is 13.2. The molecular weight excluding hydrogens is 252 g/mol. The molecule has 0 radical (unpaired) electrons. The first kappa shape index (κ1) is 12.6. The molecule has 0 unspecified atom stereocenters. The summed E-state index contributed by atoms with van der Waals surface area (Å²) in [5.41, 5.74) is 0. The Morgan fingerprint density at radius 2 is 2.33 bits per heavy atom. The van der Waals surface area contributed by atoms with Crippen LogP contribution in [0.15, 0.2) is 12.4 Å². The van der Waals surface area contributed by atoms with Crippen molar-refractivity contribution in [3.05, 3.63) is 17.5 Å². The third-order valence-corrected chi connectivity index (χ3v) is 2.78. The molecule has 0 atom stereocenters. The maximum Gasteiger partial charge on any atom is 0.255 e. The van der Waals surface area contributed by atoms with Gasteiger partial charge >= 0.3 is 0 Å². The number of rotatable bonds is 4. The molecule has 0 aliphatic rings. The number of hydrogen-bond donors (Lipinski definition) is 0. The Labute approximate surface area is 110 Å². The van der Waals surface area contributed by atoms with Gasteiger partial charge in [0.2, 0.25) is 0 Å². The minimum atomic E-state index is 0.226. The number of halogens is 1. The SMILES string of the molecule is CC(C)N(CCC#N)c1cc(Cl)nc2ncnn12. The molecule has 2 heterocycles. The summed E-state index contributed by atoms with van der Waals surface area (Å²) >= 11 is 5.98. The van der Waals surface area contributed by atoms with E-state index in [1.54, 1.807) is 10.6 Å². The van der Waals surface area contributed by atoms with Gasteiger partial charge in [0.1, 0.15) is 17.3 Å². The Kier molecular flexibility index (Phi) is 3.63. The molecule has 0 aliphatic heterocycles. The van der Waals surface area contributed by atoms with Crippen molar-refractivity contribution < 1.29 is 0 Å². The lowest BCUT2D eigenvalue weighted by Gasteiger charge is -2.27. The van der Waals surface area contributed by atoms with Gasteiger partial charge in [-0.05, 0) is 13.8 Å². The molecule has 2 rings (SSSR count). The zero-order valence-electron chi connectivity index (χ0n) is 10.2. The molecule has 0 bridgehead atoms. The van der Waals surface area contributed by atoms with Gasteiger partial charge in [0.15, 0.2) is 0 Å². The molecule has 2 aromatic rings. The Morgan fingerprint density at radius 3 is 3.00 bits per heavy atom. The molecule has 0 fully saturated rings. The van der Waals surface area contributed by atoms with Crippen LogP contribution in [0.4, 0.5) is 5.82 Å². The van der Waals surface area contributed by atoms with E-state index in [1.807, 2.05) is 0 Å². The number of nitrogens with zero attached hydrogens (tertiary/aromatic N) is 6. The van der Waals surface area contributed by atoms with E-state index in [0.717, 1.165) is 5.82 Å². The molecule has 0 saturated carbocycles. The molecule has 6 nitrogen and oxygen atoms in total. The Hall–Kier alpha value is -1.87. The quantitative estimate of drug-likeness (QED) is 0.789. The van der Waals surface area contributed by atoms with Crippen molar-refractivity contribution in [1.29, 1.82) is 5.26 Å². The molecule has 0 amide bonds. The summed E-state index contributed by atoms with van der Waals surface area (Å²) in [6, 6.07) is 4.11. The van der Waals surface area contributed by atoms with Gasteiger partial charge in [0.25, 0.3) is 5.78 Å². The van der Waals surface area contributed by atoms with Crippen LogP contribution in [0, 0.1) is 11.3 Å². The van der Waals surface area contributed by atoms with Crippen molar-refractivity contribution in [2.45, 2.75) is 26.3 Å². The first-order valence-corrected chi connectivity index (χ1v) is 6.01. The average Bonchev–Trinajstić information content (AvgIpc) is 2.76. The summed E-state index contributed by atoms with van der Waals surface area (Å²) in [6.07, 6.45) is 1.87. The molecule has 94 valence electrons. The zero-order chi connectivity index (χ0) is 13.1. The fraction of sp³-hybridized carbons (Fsp3) is 0.455. The summed E-state index contributed by atoms with van der Waals surface area (Å²) in [5.74, 6) is 1.26. The van der Waals surface area contributed by atoms with Crippen LogP contribution in [0.5, 0.6) is 0 Å². The van der Waals surface area contributed by atoms with E-state index in [1.165, 1.54) is 6.33 Å². The first-order chi connectivity index (χ1) is 8.63. The Morgan fingerprint density at radius 1 is 1.56 bits per heavy atom. The second-order valence-electron chi connectivity index (χ2n) is 4.10. The van der Waals surface area contributed by atoms with Gasteiger partial charge in [0.05, 0.1) is 12.5 Å². The van der Waals surface area contributed by atoms with E-state index in [9.17, 15) is 0 Å². The minimum Gasteiger partial charge on any atom is -0.353 e. The van der Waals surface area contributed by atoms with Crippen LogP contribution in [-0.2, 0) is 0 Å². The third kappa shape index (κ3) is 2.36. The van der Waals surface area contributed by atoms with E-state index >= 15 is 0 Å². The van der Waals surface area contributed by atoms with E-state index in [0.29, 0.717) is 23.9 Å². The van der Waals surface area contributed by atoms with Gasteiger partial charge in [0, 0.05) is 18.7 Å². The lowest BCUT2D eigenvalue weighted by atomic mass is 10.3. The predicted octanol–water partition coefficient (Wildman–Crippen LogP) is 1.91. The van der Waals surface area contributed by atoms with E-state index < -0.39 is 0 Å². The van der Waals surface area contributed by atoms with Gasteiger partial charge in [-0.15, -0.1) is 0 Å². The number of aromatic nitrogens is 4. The van der Waals surface area contributed by atoms with Crippen LogP contribution in [0.3, 0.4) is 0 Å². The largest absolute Gasteiger partial charge is 0.353 e. The summed E-state index contributed by atoms with van der Waals surface area (Å²) in [7, 11) is 0. The number of anilines is 1. The molecule has 0 aliphatic carbocycles. The Bertz CT molecular complexity index is 585. The van der Waals surface area contributed by atoms with E-state index in [-0.39, 0.29) is 6.04 Å². The summed E-state index contributed by atoms with van der Waals surface area (Å²) in [4.78, 5) is 10.2. The lowest BCUT2D eigenvalue weighted by Crippen LogP contribution is -2.33. The highest BCUT2D eigenvalue weighted by molar-refractivity contribution is 6.29. The second-order valence-corrected chi connectivity index (χ2v) is 4.49. The standard InChI is InChI=1S/C11H13ClN6/c1-8(2)17(5-3-4-13)10-6-9(12)16-11-14-7-15-18(10)11/h6-8H,3,5H2,1-2H3. The van der Waals surface area contributed by atoms with Crippen LogP contribution in [0.1, 0.15) is 20.3 Å². The van der Waals surface area contributed by atoms with Crippen LogP contribution in [0.25, 0.3) is 5.78 Å². The van der Waals surface area contributed by atoms with Crippen LogP contribution in [0.2, 0.25) is 5.15 Å². The van der Waals surface area contributed by atoms with E-state index in [2.05, 4.69) is 39.9 Å². The summed E-state index contributed by atoms with van der Waals surface area (Å²) in [6.45, 7) is 4.71. The fourth-order valence-electron chi connectivity index (χ4n) is 1.78. The van der Waals surface area contributed by atoms with Crippen LogP contribution >= 0.6 is 11.6 Å². The maximum atomic E-state index is 8.72. The molecule has 2 aromatic heterocycles. The van der Waals surface area contributed by atoms with Gasteiger partial charge < -0.3 is 4.90 Å². The fourth-order valence-corrected chi connectivity index (χ4v) is 1.95. The molecule has 0 aromatic carbocycles.